The van der Waals surface area contributed by atoms with E-state index in [1.807, 2.05) is 12.1 Å². The average Bonchev–Trinajstić information content (AvgIpc) is 2.73. The van der Waals surface area contributed by atoms with Gasteiger partial charge in [0.1, 0.15) is 11.5 Å². The van der Waals surface area contributed by atoms with Crippen LogP contribution in [0.2, 0.25) is 0 Å². The van der Waals surface area contributed by atoms with Crippen molar-refractivity contribution in [2.24, 2.45) is 0 Å². The maximum Gasteiger partial charge on any atom is 0.275 e. The van der Waals surface area contributed by atoms with Crippen molar-refractivity contribution in [3.05, 3.63) is 83.3 Å². The lowest BCUT2D eigenvalue weighted by Crippen LogP contribution is -2.31. The second kappa shape index (κ2) is 7.26. The van der Waals surface area contributed by atoms with Crippen LogP contribution in [0.25, 0.3) is 0 Å². The predicted octanol–water partition coefficient (Wildman–Crippen LogP) is 3.16. The molecule has 0 bridgehead atoms. The quantitative estimate of drug-likeness (QED) is 0.780. The third kappa shape index (κ3) is 3.62. The number of nitrogens with one attached hydrogen (secondary N) is 1. The summed E-state index contributed by atoms with van der Waals surface area (Å²) in [5.41, 5.74) is 3.94. The lowest BCUT2D eigenvalue weighted by Gasteiger charge is -2.29. The Hall–Kier alpha value is -3.72. The van der Waals surface area contributed by atoms with Gasteiger partial charge in [0.25, 0.3) is 5.91 Å². The highest BCUT2D eigenvalue weighted by Crippen LogP contribution is 2.22. The molecule has 2 aromatic carbocycles. The van der Waals surface area contributed by atoms with Crippen LogP contribution in [0.3, 0.4) is 0 Å². The van der Waals surface area contributed by atoms with Crippen LogP contribution in [0.1, 0.15) is 27.2 Å². The molecule has 1 amide bonds. The Balaban J connectivity index is 1.46. The maximum absolute atomic E-state index is 12.4. The zero-order valence-electron chi connectivity index (χ0n) is 14.6. The molecular formula is C21H17N5O. The number of fused-ring (bicyclic) bond motifs is 1. The zero-order valence-corrected chi connectivity index (χ0v) is 14.6. The summed E-state index contributed by atoms with van der Waals surface area (Å²) < 4.78 is 0. The van der Waals surface area contributed by atoms with Crippen molar-refractivity contribution in [3.63, 3.8) is 0 Å². The van der Waals surface area contributed by atoms with Crippen molar-refractivity contribution in [2.75, 3.05) is 16.8 Å². The highest BCUT2D eigenvalue weighted by molar-refractivity contribution is 6.02. The van der Waals surface area contributed by atoms with E-state index in [1.165, 1.54) is 17.3 Å². The number of anilines is 2. The number of aromatic nitrogens is 2. The molecule has 0 unspecified atom stereocenters. The molecule has 1 N–H and O–H groups in total. The molecule has 1 aromatic heterocycles. The molecule has 0 aliphatic carbocycles. The number of hydrogen-bond acceptors (Lipinski definition) is 5. The molecule has 6 nitrogen and oxygen atoms in total. The molecule has 0 saturated carbocycles. The Labute approximate surface area is 157 Å². The summed E-state index contributed by atoms with van der Waals surface area (Å²) in [5, 5.41) is 11.7. The molecule has 0 fully saturated rings. The van der Waals surface area contributed by atoms with Gasteiger partial charge >= 0.3 is 0 Å². The first-order chi connectivity index (χ1) is 13.2. The summed E-state index contributed by atoms with van der Waals surface area (Å²) in [7, 11) is 0. The third-order valence-corrected chi connectivity index (χ3v) is 4.58. The second-order valence-corrected chi connectivity index (χ2v) is 6.35. The molecule has 6 heteroatoms. The number of nitriles is 1. The summed E-state index contributed by atoms with van der Waals surface area (Å²) in [6.07, 6.45) is 4.09. The molecule has 3 aromatic rings. The predicted molar refractivity (Wildman–Crippen MR) is 102 cm³/mol. The fraction of sp³-hybridized carbons (Fsp3) is 0.143. The van der Waals surface area contributed by atoms with E-state index in [2.05, 4.69) is 38.4 Å². The van der Waals surface area contributed by atoms with Gasteiger partial charge in [0, 0.05) is 18.8 Å². The van der Waals surface area contributed by atoms with Crippen molar-refractivity contribution in [3.8, 4) is 6.07 Å². The molecule has 0 radical (unpaired) electrons. The van der Waals surface area contributed by atoms with Gasteiger partial charge in [-0.3, -0.25) is 4.79 Å². The molecule has 0 saturated heterocycles. The van der Waals surface area contributed by atoms with Crippen molar-refractivity contribution < 1.29 is 4.79 Å². The molecule has 0 spiro atoms. The molecule has 132 valence electrons. The molecular weight excluding hydrogens is 338 g/mol. The largest absolute Gasteiger partial charge is 0.351 e. The molecule has 1 aliphatic heterocycles. The summed E-state index contributed by atoms with van der Waals surface area (Å²) in [4.78, 5) is 23.2. The number of carbonyl (C=O) groups is 1. The molecule has 2 heterocycles. The van der Waals surface area contributed by atoms with Crippen LogP contribution in [0.4, 0.5) is 11.5 Å². The Morgan fingerprint density at radius 3 is 2.70 bits per heavy atom. The van der Waals surface area contributed by atoms with Gasteiger partial charge in [-0.25, -0.2) is 9.97 Å². The summed E-state index contributed by atoms with van der Waals surface area (Å²) in [5.74, 6) is 0.403. The normalized spacial score (nSPS) is 12.8. The average molecular weight is 355 g/mol. The van der Waals surface area contributed by atoms with Crippen LogP contribution in [0.15, 0.2) is 60.9 Å². The van der Waals surface area contributed by atoms with E-state index in [-0.39, 0.29) is 11.6 Å². The molecule has 1 aliphatic rings. The van der Waals surface area contributed by atoms with Crippen molar-refractivity contribution in [2.45, 2.75) is 13.0 Å². The minimum Gasteiger partial charge on any atom is -0.351 e. The van der Waals surface area contributed by atoms with Gasteiger partial charge in [0.05, 0.1) is 24.0 Å². The maximum atomic E-state index is 12.4. The van der Waals surface area contributed by atoms with Crippen molar-refractivity contribution in [1.82, 2.24) is 9.97 Å². The number of carbonyl (C=O) groups excluding carboxylic acids is 1. The number of hydrogen-bond donors (Lipinski definition) is 1. The van der Waals surface area contributed by atoms with Crippen LogP contribution >= 0.6 is 0 Å². The fourth-order valence-corrected chi connectivity index (χ4v) is 3.15. The molecule has 4 rings (SSSR count). The molecule has 0 atom stereocenters. The second-order valence-electron chi connectivity index (χ2n) is 6.35. The number of amides is 1. The Bertz CT molecular complexity index is 1020. The summed E-state index contributed by atoms with van der Waals surface area (Å²) in [6.45, 7) is 1.66. The van der Waals surface area contributed by atoms with Crippen LogP contribution in [-0.2, 0) is 13.0 Å². The first-order valence-electron chi connectivity index (χ1n) is 8.68. The van der Waals surface area contributed by atoms with E-state index in [1.54, 1.807) is 30.5 Å². The Morgan fingerprint density at radius 2 is 1.93 bits per heavy atom. The smallest absolute Gasteiger partial charge is 0.275 e. The van der Waals surface area contributed by atoms with Crippen LogP contribution < -0.4 is 10.2 Å². The van der Waals surface area contributed by atoms with Gasteiger partial charge in [-0.2, -0.15) is 5.26 Å². The van der Waals surface area contributed by atoms with E-state index in [0.717, 1.165) is 25.3 Å². The SMILES string of the molecule is N#Cc1cccc(NC(=O)c2cnc(N3CCc4ccccc4C3)cn2)c1. The molecule has 27 heavy (non-hydrogen) atoms. The Morgan fingerprint density at radius 1 is 1.07 bits per heavy atom. The van der Waals surface area contributed by atoms with Gasteiger partial charge in [0.2, 0.25) is 0 Å². The Kier molecular flexibility index (Phi) is 4.50. The summed E-state index contributed by atoms with van der Waals surface area (Å²) in [6, 6.07) is 17.2. The van der Waals surface area contributed by atoms with E-state index in [9.17, 15) is 4.79 Å². The fourth-order valence-electron chi connectivity index (χ4n) is 3.15. The van der Waals surface area contributed by atoms with Crippen LogP contribution in [0, 0.1) is 11.3 Å². The minimum atomic E-state index is -0.354. The number of benzene rings is 2. The lowest BCUT2D eigenvalue weighted by atomic mass is 10.0. The van der Waals surface area contributed by atoms with E-state index >= 15 is 0 Å². The first-order valence-corrected chi connectivity index (χ1v) is 8.68. The van der Waals surface area contributed by atoms with Crippen molar-refractivity contribution in [1.29, 1.82) is 5.26 Å². The monoisotopic (exact) mass is 355 g/mol. The van der Waals surface area contributed by atoms with Gasteiger partial charge in [0.15, 0.2) is 0 Å². The highest BCUT2D eigenvalue weighted by atomic mass is 16.1. The van der Waals surface area contributed by atoms with Gasteiger partial charge in [-0.05, 0) is 35.7 Å². The van der Waals surface area contributed by atoms with Gasteiger partial charge in [-0.1, -0.05) is 30.3 Å². The van der Waals surface area contributed by atoms with Crippen LogP contribution in [-0.4, -0.2) is 22.4 Å². The van der Waals surface area contributed by atoms with Crippen LogP contribution in [0.5, 0.6) is 0 Å². The first kappa shape index (κ1) is 16.7. The minimum absolute atomic E-state index is 0.235. The standard InChI is InChI=1S/C21H17N5O/c22-11-15-4-3-7-18(10-15)25-21(27)19-12-24-20(13-23-19)26-9-8-16-5-1-2-6-17(16)14-26/h1-7,10,12-13H,8-9,14H2,(H,25,27). The summed E-state index contributed by atoms with van der Waals surface area (Å²) >= 11 is 0. The highest BCUT2D eigenvalue weighted by Gasteiger charge is 2.18. The number of rotatable bonds is 3. The van der Waals surface area contributed by atoms with E-state index in [0.29, 0.717) is 11.3 Å². The lowest BCUT2D eigenvalue weighted by molar-refractivity contribution is 0.102. The third-order valence-electron chi connectivity index (χ3n) is 4.58. The van der Waals surface area contributed by atoms with Crippen molar-refractivity contribution >= 4 is 17.4 Å². The number of nitrogens with zero attached hydrogens (tertiary/aromatic N) is 4. The van der Waals surface area contributed by atoms with E-state index in [4.69, 9.17) is 5.26 Å². The van der Waals surface area contributed by atoms with E-state index < -0.39 is 0 Å². The zero-order chi connectivity index (χ0) is 18.6. The van der Waals surface area contributed by atoms with Gasteiger partial charge in [-0.15, -0.1) is 0 Å². The van der Waals surface area contributed by atoms with Gasteiger partial charge < -0.3 is 10.2 Å². The topological polar surface area (TPSA) is 81.9 Å².